The molecule has 1 N–H and O–H groups in total. The topological polar surface area (TPSA) is 12.0 Å². The largest absolute Gasteiger partial charge is 0.394 e. The summed E-state index contributed by atoms with van der Waals surface area (Å²) in [6.45, 7) is 5.69. The van der Waals surface area contributed by atoms with Crippen LogP contribution < -0.4 is 5.32 Å². The lowest BCUT2D eigenvalue weighted by atomic mass is 9.90. The Bertz CT molecular complexity index is 601. The zero-order valence-corrected chi connectivity index (χ0v) is 14.1. The van der Waals surface area contributed by atoms with E-state index in [0.717, 1.165) is 17.6 Å². The molecule has 0 fully saturated rings. The maximum absolute atomic E-state index is 12.6. The van der Waals surface area contributed by atoms with Gasteiger partial charge < -0.3 is 5.32 Å². The first kappa shape index (κ1) is 19.4. The Labute approximate surface area is 140 Å². The number of allylic oxidation sites excluding steroid dienone is 4. The molecule has 1 rings (SSSR count). The molecule has 0 heterocycles. The van der Waals surface area contributed by atoms with Gasteiger partial charge in [0, 0.05) is 24.7 Å². The molecular formula is C18H21ClF3N. The zero-order valence-electron chi connectivity index (χ0n) is 13.3. The van der Waals surface area contributed by atoms with E-state index in [4.69, 9.17) is 11.6 Å². The van der Waals surface area contributed by atoms with Gasteiger partial charge in [0.2, 0.25) is 0 Å². The number of nitrogens with one attached hydrogen (secondary N) is 1. The van der Waals surface area contributed by atoms with Crippen molar-refractivity contribution in [3.05, 3.63) is 64.9 Å². The van der Waals surface area contributed by atoms with Crippen LogP contribution in [0.5, 0.6) is 0 Å². The van der Waals surface area contributed by atoms with Gasteiger partial charge in [0.1, 0.15) is 0 Å². The number of hydrogen-bond donors (Lipinski definition) is 1. The first-order valence-corrected chi connectivity index (χ1v) is 7.75. The minimum Gasteiger partial charge on any atom is -0.394 e. The van der Waals surface area contributed by atoms with E-state index in [-0.39, 0.29) is 6.42 Å². The van der Waals surface area contributed by atoms with E-state index < -0.39 is 12.6 Å². The standard InChI is InChI=1S/C18H21ClF3N/c1-4-6-16(13(5-2)12-23-3)17-11-15(19)8-7-14(17)9-10-18(20,21)22/h4,6-8,11-12,23H,1,5,9-10H2,2-3H3/b13-12-,16-6+. The molecule has 1 aromatic rings. The summed E-state index contributed by atoms with van der Waals surface area (Å²) in [5, 5.41) is 3.46. The lowest BCUT2D eigenvalue weighted by Crippen LogP contribution is -2.10. The van der Waals surface area contributed by atoms with E-state index in [0.29, 0.717) is 16.1 Å². The van der Waals surface area contributed by atoms with Crippen LogP contribution in [0.1, 0.15) is 30.9 Å². The monoisotopic (exact) mass is 343 g/mol. The quantitative estimate of drug-likeness (QED) is 0.606. The third-order valence-electron chi connectivity index (χ3n) is 3.37. The summed E-state index contributed by atoms with van der Waals surface area (Å²) < 4.78 is 37.7. The Hall–Kier alpha value is -1.68. The Morgan fingerprint density at radius 1 is 1.35 bits per heavy atom. The van der Waals surface area contributed by atoms with Crippen molar-refractivity contribution in [2.75, 3.05) is 7.05 Å². The highest BCUT2D eigenvalue weighted by molar-refractivity contribution is 6.30. The van der Waals surface area contributed by atoms with Gasteiger partial charge in [0.25, 0.3) is 0 Å². The van der Waals surface area contributed by atoms with Gasteiger partial charge in [-0.25, -0.2) is 0 Å². The van der Waals surface area contributed by atoms with Crippen molar-refractivity contribution in [1.29, 1.82) is 0 Å². The lowest BCUT2D eigenvalue weighted by Gasteiger charge is -2.17. The summed E-state index contributed by atoms with van der Waals surface area (Å²) in [5.74, 6) is 0. The predicted molar refractivity (Wildman–Crippen MR) is 91.4 cm³/mol. The normalized spacial score (nSPS) is 13.1. The molecule has 0 unspecified atom stereocenters. The van der Waals surface area contributed by atoms with Gasteiger partial charge in [-0.2, -0.15) is 13.2 Å². The van der Waals surface area contributed by atoms with E-state index in [9.17, 15) is 13.2 Å². The van der Waals surface area contributed by atoms with Crippen LogP contribution in [0.3, 0.4) is 0 Å². The second-order valence-electron chi connectivity index (χ2n) is 5.04. The van der Waals surface area contributed by atoms with Gasteiger partial charge in [-0.05, 0) is 47.2 Å². The third-order valence-corrected chi connectivity index (χ3v) is 3.60. The van der Waals surface area contributed by atoms with Crippen LogP contribution in [0.4, 0.5) is 13.2 Å². The fourth-order valence-electron chi connectivity index (χ4n) is 2.33. The first-order chi connectivity index (χ1) is 10.8. The summed E-state index contributed by atoms with van der Waals surface area (Å²) in [6, 6.07) is 4.99. The minimum absolute atomic E-state index is 0.0823. The Kier molecular flexibility index (Phi) is 7.43. The van der Waals surface area contributed by atoms with Gasteiger partial charge in [-0.3, -0.25) is 0 Å². The molecule has 1 nitrogen and oxygen atoms in total. The molecule has 126 valence electrons. The molecule has 23 heavy (non-hydrogen) atoms. The summed E-state index contributed by atoms with van der Waals surface area (Å²) >= 11 is 6.07. The van der Waals surface area contributed by atoms with Crippen molar-refractivity contribution >= 4 is 17.2 Å². The second kappa shape index (κ2) is 8.82. The van der Waals surface area contributed by atoms with E-state index in [1.54, 1.807) is 37.4 Å². The molecule has 0 aliphatic rings. The molecule has 1 aromatic carbocycles. The van der Waals surface area contributed by atoms with Crippen LogP contribution in [-0.2, 0) is 6.42 Å². The van der Waals surface area contributed by atoms with Crippen molar-refractivity contribution in [2.24, 2.45) is 0 Å². The highest BCUT2D eigenvalue weighted by Crippen LogP contribution is 2.32. The van der Waals surface area contributed by atoms with Gasteiger partial charge in [0.05, 0.1) is 0 Å². The average Bonchev–Trinajstić information content (AvgIpc) is 2.48. The fraction of sp³-hybridized carbons (Fsp3) is 0.333. The molecule has 0 aliphatic heterocycles. The van der Waals surface area contributed by atoms with E-state index >= 15 is 0 Å². The maximum Gasteiger partial charge on any atom is 0.389 e. The molecule has 0 aliphatic carbocycles. The number of hydrogen-bond acceptors (Lipinski definition) is 1. The number of alkyl halides is 3. The van der Waals surface area contributed by atoms with E-state index in [1.165, 1.54) is 0 Å². The maximum atomic E-state index is 12.6. The van der Waals surface area contributed by atoms with Crippen molar-refractivity contribution in [3.63, 3.8) is 0 Å². The predicted octanol–water partition coefficient (Wildman–Crippen LogP) is 5.92. The van der Waals surface area contributed by atoms with Gasteiger partial charge >= 0.3 is 6.18 Å². The van der Waals surface area contributed by atoms with Gasteiger partial charge in [-0.15, -0.1) is 0 Å². The van der Waals surface area contributed by atoms with Crippen LogP contribution in [0.2, 0.25) is 5.02 Å². The Morgan fingerprint density at radius 2 is 2.04 bits per heavy atom. The first-order valence-electron chi connectivity index (χ1n) is 7.37. The van der Waals surface area contributed by atoms with Crippen molar-refractivity contribution in [1.82, 2.24) is 5.32 Å². The SMILES string of the molecule is C=C/C=C(\C(=C/NC)CC)c1cc(Cl)ccc1CCC(F)(F)F. The van der Waals surface area contributed by atoms with Crippen LogP contribution in [-0.4, -0.2) is 13.2 Å². The molecular weight excluding hydrogens is 323 g/mol. The molecule has 0 spiro atoms. The molecule has 0 saturated carbocycles. The molecule has 0 saturated heterocycles. The van der Waals surface area contributed by atoms with E-state index in [1.807, 2.05) is 13.1 Å². The minimum atomic E-state index is -4.19. The number of rotatable bonds is 7. The summed E-state index contributed by atoms with van der Waals surface area (Å²) in [4.78, 5) is 0. The highest BCUT2D eigenvalue weighted by Gasteiger charge is 2.27. The molecule has 0 aromatic heterocycles. The van der Waals surface area contributed by atoms with Crippen LogP contribution in [0.25, 0.3) is 5.57 Å². The number of aryl methyl sites for hydroxylation is 1. The molecule has 5 heteroatoms. The highest BCUT2D eigenvalue weighted by atomic mass is 35.5. The zero-order chi connectivity index (χ0) is 17.5. The summed E-state index contributed by atoms with van der Waals surface area (Å²) in [7, 11) is 1.78. The molecule has 0 amide bonds. The van der Waals surface area contributed by atoms with Crippen molar-refractivity contribution in [2.45, 2.75) is 32.4 Å². The van der Waals surface area contributed by atoms with Crippen LogP contribution in [0.15, 0.2) is 48.7 Å². The Balaban J connectivity index is 3.35. The number of benzene rings is 1. The molecule has 0 atom stereocenters. The van der Waals surface area contributed by atoms with Gasteiger partial charge in [-0.1, -0.05) is 43.3 Å². The Morgan fingerprint density at radius 3 is 2.57 bits per heavy atom. The number of halogens is 4. The average molecular weight is 344 g/mol. The molecule has 0 bridgehead atoms. The van der Waals surface area contributed by atoms with Crippen molar-refractivity contribution < 1.29 is 13.2 Å². The molecule has 0 radical (unpaired) electrons. The summed E-state index contributed by atoms with van der Waals surface area (Å²) in [6.07, 6.45) is 0.864. The van der Waals surface area contributed by atoms with Crippen LogP contribution in [0, 0.1) is 0 Å². The van der Waals surface area contributed by atoms with Crippen molar-refractivity contribution in [3.8, 4) is 0 Å². The third kappa shape index (κ3) is 6.14. The smallest absolute Gasteiger partial charge is 0.389 e. The fourth-order valence-corrected chi connectivity index (χ4v) is 2.50. The second-order valence-corrected chi connectivity index (χ2v) is 5.48. The van der Waals surface area contributed by atoms with Crippen LogP contribution >= 0.6 is 11.6 Å². The lowest BCUT2D eigenvalue weighted by molar-refractivity contribution is -0.134. The van der Waals surface area contributed by atoms with Gasteiger partial charge in [0.15, 0.2) is 0 Å². The summed E-state index contributed by atoms with van der Waals surface area (Å²) in [5.41, 5.74) is 3.14. The van der Waals surface area contributed by atoms with E-state index in [2.05, 4.69) is 11.9 Å².